The minimum Gasteiger partial charge on any atom is -0.441 e. The van der Waals surface area contributed by atoms with E-state index in [-0.39, 0.29) is 18.3 Å². The highest BCUT2D eigenvalue weighted by atomic mass is 16.6. The maximum absolute atomic E-state index is 11.6. The Balaban J connectivity index is 1.96. The van der Waals surface area contributed by atoms with Crippen LogP contribution in [0.3, 0.4) is 0 Å². The van der Waals surface area contributed by atoms with Crippen molar-refractivity contribution >= 4 is 6.09 Å². The van der Waals surface area contributed by atoms with E-state index in [1.54, 1.807) is 4.90 Å². The first-order valence-electron chi connectivity index (χ1n) is 5.42. The smallest absolute Gasteiger partial charge is 0.410 e. The number of β-amino-alcohol motifs (C(OH)–C–C–N with tert-alkyl or cyclic N) is 1. The largest absolute Gasteiger partial charge is 0.441 e. The standard InChI is InChI=1S/C10H18N2O3/c1-11-4-2-10(8-11)3-5-12(6-7-13)9(14)15-10/h13H,2-8H2,1H3. The Hall–Kier alpha value is -0.810. The molecule has 86 valence electrons. The van der Waals surface area contributed by atoms with Gasteiger partial charge in [-0.1, -0.05) is 0 Å². The van der Waals surface area contributed by atoms with Gasteiger partial charge in [0.1, 0.15) is 5.60 Å². The molecular formula is C10H18N2O3. The summed E-state index contributed by atoms with van der Waals surface area (Å²) >= 11 is 0. The topological polar surface area (TPSA) is 53.0 Å². The van der Waals surface area contributed by atoms with Gasteiger partial charge in [0.15, 0.2) is 0 Å². The molecule has 2 heterocycles. The van der Waals surface area contributed by atoms with Gasteiger partial charge in [0.05, 0.1) is 6.61 Å². The van der Waals surface area contributed by atoms with Gasteiger partial charge in [-0.05, 0) is 7.05 Å². The fourth-order valence-electron chi connectivity index (χ4n) is 2.39. The number of carbonyl (C=O) groups is 1. The lowest BCUT2D eigenvalue weighted by Crippen LogP contribution is -2.51. The molecule has 2 fully saturated rings. The number of likely N-dealkylation sites (N-methyl/N-ethyl adjacent to an activating group) is 1. The Morgan fingerprint density at radius 1 is 1.47 bits per heavy atom. The average Bonchev–Trinajstić information content (AvgIpc) is 2.53. The lowest BCUT2D eigenvalue weighted by atomic mass is 9.97. The summed E-state index contributed by atoms with van der Waals surface area (Å²) in [5, 5.41) is 8.78. The Kier molecular flexibility index (Phi) is 2.84. The van der Waals surface area contributed by atoms with Crippen molar-refractivity contribution in [3.05, 3.63) is 0 Å². The van der Waals surface area contributed by atoms with E-state index in [4.69, 9.17) is 9.84 Å². The summed E-state index contributed by atoms with van der Waals surface area (Å²) in [7, 11) is 2.04. The summed E-state index contributed by atoms with van der Waals surface area (Å²) in [5.41, 5.74) is -0.252. The summed E-state index contributed by atoms with van der Waals surface area (Å²) in [6.07, 6.45) is 1.54. The van der Waals surface area contributed by atoms with Crippen molar-refractivity contribution in [2.75, 3.05) is 39.8 Å². The van der Waals surface area contributed by atoms with E-state index in [1.165, 1.54) is 0 Å². The minimum absolute atomic E-state index is 0.00199. The summed E-state index contributed by atoms with van der Waals surface area (Å²) in [6, 6.07) is 0. The van der Waals surface area contributed by atoms with E-state index in [2.05, 4.69) is 4.90 Å². The molecule has 5 nitrogen and oxygen atoms in total. The number of nitrogens with zero attached hydrogens (tertiary/aromatic N) is 2. The Morgan fingerprint density at radius 3 is 2.73 bits per heavy atom. The zero-order valence-corrected chi connectivity index (χ0v) is 9.11. The van der Waals surface area contributed by atoms with Crippen molar-refractivity contribution in [2.24, 2.45) is 0 Å². The van der Waals surface area contributed by atoms with Crippen LogP contribution in [0.15, 0.2) is 0 Å². The van der Waals surface area contributed by atoms with Crippen LogP contribution in [-0.2, 0) is 4.74 Å². The lowest BCUT2D eigenvalue weighted by molar-refractivity contribution is -0.0427. The number of aliphatic hydroxyl groups excluding tert-OH is 1. The van der Waals surface area contributed by atoms with E-state index >= 15 is 0 Å². The average molecular weight is 214 g/mol. The fraction of sp³-hybridized carbons (Fsp3) is 0.900. The van der Waals surface area contributed by atoms with E-state index in [1.807, 2.05) is 7.05 Å². The normalized spacial score (nSPS) is 32.4. The highest BCUT2D eigenvalue weighted by Gasteiger charge is 2.44. The van der Waals surface area contributed by atoms with Crippen LogP contribution < -0.4 is 0 Å². The van der Waals surface area contributed by atoms with Gasteiger partial charge in [0.25, 0.3) is 0 Å². The highest BCUT2D eigenvalue weighted by Crippen LogP contribution is 2.32. The molecule has 0 aromatic rings. The molecule has 1 amide bonds. The van der Waals surface area contributed by atoms with Crippen LogP contribution >= 0.6 is 0 Å². The van der Waals surface area contributed by atoms with Gasteiger partial charge in [0.2, 0.25) is 0 Å². The van der Waals surface area contributed by atoms with Gasteiger partial charge >= 0.3 is 6.09 Å². The second-order valence-electron chi connectivity index (χ2n) is 4.50. The van der Waals surface area contributed by atoms with Crippen LogP contribution in [0.4, 0.5) is 4.79 Å². The van der Waals surface area contributed by atoms with Crippen LogP contribution in [0, 0.1) is 0 Å². The number of carbonyl (C=O) groups excluding carboxylic acids is 1. The van der Waals surface area contributed by atoms with Gasteiger partial charge in [-0.15, -0.1) is 0 Å². The van der Waals surface area contributed by atoms with Gasteiger partial charge in [-0.3, -0.25) is 0 Å². The molecule has 15 heavy (non-hydrogen) atoms. The molecule has 0 radical (unpaired) electrons. The maximum Gasteiger partial charge on any atom is 0.410 e. The zero-order chi connectivity index (χ0) is 10.9. The first-order valence-corrected chi connectivity index (χ1v) is 5.42. The van der Waals surface area contributed by atoms with Crippen LogP contribution in [0.2, 0.25) is 0 Å². The molecule has 0 aromatic heterocycles. The van der Waals surface area contributed by atoms with Crippen LogP contribution in [0.1, 0.15) is 12.8 Å². The molecular weight excluding hydrogens is 196 g/mol. The number of ether oxygens (including phenoxy) is 1. The van der Waals surface area contributed by atoms with E-state index in [9.17, 15) is 4.79 Å². The number of likely N-dealkylation sites (tertiary alicyclic amines) is 1. The maximum atomic E-state index is 11.6. The molecule has 0 aromatic carbocycles. The molecule has 2 saturated heterocycles. The van der Waals surface area contributed by atoms with E-state index in [0.717, 1.165) is 25.9 Å². The van der Waals surface area contributed by atoms with E-state index in [0.29, 0.717) is 13.1 Å². The van der Waals surface area contributed by atoms with Crippen LogP contribution in [0.25, 0.3) is 0 Å². The molecule has 5 heteroatoms. The van der Waals surface area contributed by atoms with Crippen LogP contribution in [0.5, 0.6) is 0 Å². The molecule has 1 spiro atoms. The Morgan fingerprint density at radius 2 is 2.20 bits per heavy atom. The monoisotopic (exact) mass is 214 g/mol. The van der Waals surface area contributed by atoms with Crippen molar-refractivity contribution in [2.45, 2.75) is 18.4 Å². The summed E-state index contributed by atoms with van der Waals surface area (Å²) in [6.45, 7) is 2.92. The fourth-order valence-corrected chi connectivity index (χ4v) is 2.39. The molecule has 0 bridgehead atoms. The van der Waals surface area contributed by atoms with Gasteiger partial charge in [-0.25, -0.2) is 4.79 Å². The first-order chi connectivity index (χ1) is 7.15. The van der Waals surface area contributed by atoms with Crippen molar-refractivity contribution in [3.63, 3.8) is 0 Å². The molecule has 1 atom stereocenters. The number of hydrogen-bond acceptors (Lipinski definition) is 4. The molecule has 0 aliphatic carbocycles. The molecule has 0 saturated carbocycles. The SMILES string of the molecule is CN1CCC2(CCN(CCO)C(=O)O2)C1. The molecule has 2 aliphatic heterocycles. The van der Waals surface area contributed by atoms with Crippen molar-refractivity contribution in [3.8, 4) is 0 Å². The summed E-state index contributed by atoms with van der Waals surface area (Å²) < 4.78 is 5.50. The second-order valence-corrected chi connectivity index (χ2v) is 4.50. The number of hydrogen-bond donors (Lipinski definition) is 1. The molecule has 2 rings (SSSR count). The minimum atomic E-state index is -0.273. The lowest BCUT2D eigenvalue weighted by Gasteiger charge is -2.38. The molecule has 1 N–H and O–H groups in total. The van der Waals surface area contributed by atoms with E-state index < -0.39 is 0 Å². The highest BCUT2D eigenvalue weighted by molar-refractivity contribution is 5.69. The van der Waals surface area contributed by atoms with Crippen molar-refractivity contribution in [1.82, 2.24) is 9.80 Å². The molecule has 1 unspecified atom stereocenters. The summed E-state index contributed by atoms with van der Waals surface area (Å²) in [5.74, 6) is 0. The third-order valence-electron chi connectivity index (χ3n) is 3.28. The Bertz CT molecular complexity index is 259. The number of amides is 1. The molecule has 2 aliphatic rings. The number of rotatable bonds is 2. The van der Waals surface area contributed by atoms with Gasteiger partial charge < -0.3 is 19.6 Å². The zero-order valence-electron chi connectivity index (χ0n) is 9.11. The third-order valence-corrected chi connectivity index (χ3v) is 3.28. The van der Waals surface area contributed by atoms with Gasteiger partial charge in [-0.2, -0.15) is 0 Å². The Labute approximate surface area is 89.6 Å². The second kappa shape index (κ2) is 3.98. The summed E-state index contributed by atoms with van der Waals surface area (Å²) in [4.78, 5) is 15.4. The predicted octanol–water partition coefficient (Wildman–Crippen LogP) is -0.105. The third kappa shape index (κ3) is 2.08. The van der Waals surface area contributed by atoms with Crippen molar-refractivity contribution < 1.29 is 14.6 Å². The number of aliphatic hydroxyl groups is 1. The van der Waals surface area contributed by atoms with Crippen LogP contribution in [-0.4, -0.2) is 66.4 Å². The first kappa shape index (κ1) is 10.7. The van der Waals surface area contributed by atoms with Crippen molar-refractivity contribution in [1.29, 1.82) is 0 Å². The van der Waals surface area contributed by atoms with Gasteiger partial charge in [0, 0.05) is 39.0 Å². The predicted molar refractivity (Wildman–Crippen MR) is 54.6 cm³/mol. The quantitative estimate of drug-likeness (QED) is 0.697.